The number of nitrogens with one attached hydrogen (secondary N) is 2. The van der Waals surface area contributed by atoms with Gasteiger partial charge in [0.1, 0.15) is 0 Å². The Morgan fingerprint density at radius 1 is 0.810 bits per heavy atom. The maximum atomic E-state index is 3.52. The first-order valence-corrected chi connectivity index (χ1v) is 6.89. The number of rotatable bonds is 2. The summed E-state index contributed by atoms with van der Waals surface area (Å²) in [6.07, 6.45) is 0. The van der Waals surface area contributed by atoms with E-state index >= 15 is 0 Å². The molecule has 21 heavy (non-hydrogen) atoms. The van der Waals surface area contributed by atoms with Gasteiger partial charge in [0.25, 0.3) is 0 Å². The Balaban J connectivity index is 0.00000161. The number of aryl methyl sites for hydroxylation is 3. The lowest BCUT2D eigenvalue weighted by atomic mass is 10.1. The molecule has 0 atom stereocenters. The zero-order valence-corrected chi connectivity index (χ0v) is 13.3. The molecule has 2 nitrogen and oxygen atoms in total. The van der Waals surface area contributed by atoms with Crippen LogP contribution in [-0.2, 0) is 0 Å². The largest absolute Gasteiger partial charge is 1.00 e. The van der Waals surface area contributed by atoms with Crippen molar-refractivity contribution in [2.24, 2.45) is 0 Å². The molecule has 0 amide bonds. The van der Waals surface area contributed by atoms with Gasteiger partial charge in [-0.25, -0.2) is 4.98 Å². The maximum Gasteiger partial charge on any atom is 0.213 e. The Labute approximate surface area is 131 Å². The number of aromatic amines is 1. The SMILES string of the molecule is Cc1ccc(Nc2cc(C)[nH+]c3ccc(C)cc23)cc1.[Cl-]. The maximum absolute atomic E-state index is 3.52. The highest BCUT2D eigenvalue weighted by Gasteiger charge is 2.09. The van der Waals surface area contributed by atoms with Crippen molar-refractivity contribution in [1.29, 1.82) is 0 Å². The second kappa shape index (κ2) is 6.15. The third-order valence-corrected chi connectivity index (χ3v) is 3.49. The fraction of sp³-hybridized carbons (Fsp3) is 0.167. The molecular weight excluding hydrogens is 280 g/mol. The van der Waals surface area contributed by atoms with Gasteiger partial charge in [0.05, 0.1) is 11.1 Å². The normalized spacial score (nSPS) is 10.2. The zero-order chi connectivity index (χ0) is 14.1. The van der Waals surface area contributed by atoms with Crippen LogP contribution < -0.4 is 22.7 Å². The van der Waals surface area contributed by atoms with Crippen molar-refractivity contribution in [3.63, 3.8) is 0 Å². The molecule has 2 N–H and O–H groups in total. The lowest BCUT2D eigenvalue weighted by molar-refractivity contribution is -0.354. The number of fused-ring (bicyclic) bond motifs is 1. The molecule has 0 radical (unpaired) electrons. The summed E-state index contributed by atoms with van der Waals surface area (Å²) in [6, 6.07) is 17.1. The highest BCUT2D eigenvalue weighted by atomic mass is 35.5. The predicted molar refractivity (Wildman–Crippen MR) is 84.4 cm³/mol. The van der Waals surface area contributed by atoms with Gasteiger partial charge in [-0.2, -0.15) is 0 Å². The monoisotopic (exact) mass is 298 g/mol. The lowest BCUT2D eigenvalue weighted by Gasteiger charge is -2.09. The lowest BCUT2D eigenvalue weighted by Crippen LogP contribution is -3.00. The molecule has 0 aliphatic heterocycles. The Bertz CT molecular complexity index is 764. The molecule has 0 unspecified atom stereocenters. The van der Waals surface area contributed by atoms with Gasteiger partial charge in [-0.05, 0) is 37.6 Å². The molecule has 0 saturated heterocycles. The standard InChI is InChI=1S/C18H18N2.ClH/c1-12-4-7-15(8-5-12)20-18-11-14(3)19-17-9-6-13(2)10-16(17)18;/h4-11H,1-3H3,(H,19,20);1H. The number of anilines is 2. The summed E-state index contributed by atoms with van der Waals surface area (Å²) in [5.74, 6) is 0. The fourth-order valence-electron chi connectivity index (χ4n) is 2.43. The molecule has 0 aliphatic carbocycles. The number of aromatic nitrogens is 1. The highest BCUT2D eigenvalue weighted by Crippen LogP contribution is 2.25. The average molecular weight is 299 g/mol. The fourth-order valence-corrected chi connectivity index (χ4v) is 2.43. The van der Waals surface area contributed by atoms with E-state index in [1.165, 1.54) is 16.5 Å². The van der Waals surface area contributed by atoms with Crippen LogP contribution in [0.15, 0.2) is 48.5 Å². The van der Waals surface area contributed by atoms with Crippen molar-refractivity contribution in [2.75, 3.05) is 5.32 Å². The van der Waals surface area contributed by atoms with Crippen LogP contribution >= 0.6 is 0 Å². The summed E-state index contributed by atoms with van der Waals surface area (Å²) in [5.41, 5.74) is 7.10. The number of pyridine rings is 1. The molecule has 1 heterocycles. The van der Waals surface area contributed by atoms with Gasteiger partial charge in [0, 0.05) is 24.7 Å². The Morgan fingerprint density at radius 3 is 2.19 bits per heavy atom. The van der Waals surface area contributed by atoms with E-state index in [1.807, 2.05) is 0 Å². The zero-order valence-electron chi connectivity index (χ0n) is 12.5. The van der Waals surface area contributed by atoms with E-state index in [1.54, 1.807) is 0 Å². The van der Waals surface area contributed by atoms with Gasteiger partial charge in [-0.3, -0.25) is 0 Å². The van der Waals surface area contributed by atoms with Gasteiger partial charge in [0.2, 0.25) is 5.52 Å². The number of hydrogen-bond donors (Lipinski definition) is 1. The Kier molecular flexibility index (Phi) is 4.49. The first-order valence-electron chi connectivity index (χ1n) is 6.89. The van der Waals surface area contributed by atoms with Crippen molar-refractivity contribution in [3.8, 4) is 0 Å². The summed E-state index contributed by atoms with van der Waals surface area (Å²) in [7, 11) is 0. The second-order valence-electron chi connectivity index (χ2n) is 5.41. The minimum atomic E-state index is 0. The summed E-state index contributed by atoms with van der Waals surface area (Å²) >= 11 is 0. The van der Waals surface area contributed by atoms with Crippen LogP contribution in [0.2, 0.25) is 0 Å². The number of hydrogen-bond acceptors (Lipinski definition) is 1. The third-order valence-electron chi connectivity index (χ3n) is 3.49. The van der Waals surface area contributed by atoms with Gasteiger partial charge >= 0.3 is 0 Å². The Morgan fingerprint density at radius 2 is 1.48 bits per heavy atom. The molecule has 3 aromatic rings. The molecule has 2 aromatic carbocycles. The molecule has 3 rings (SSSR count). The van der Waals surface area contributed by atoms with E-state index in [4.69, 9.17) is 0 Å². The molecule has 0 spiro atoms. The molecule has 1 aromatic heterocycles. The summed E-state index contributed by atoms with van der Waals surface area (Å²) < 4.78 is 0. The van der Waals surface area contributed by atoms with Crippen LogP contribution in [0.25, 0.3) is 10.9 Å². The first kappa shape index (κ1) is 15.3. The predicted octanol–water partition coefficient (Wildman–Crippen LogP) is 1.33. The average Bonchev–Trinajstić information content (AvgIpc) is 2.42. The number of halogens is 1. The Hall–Kier alpha value is -2.06. The van der Waals surface area contributed by atoms with Crippen molar-refractivity contribution in [2.45, 2.75) is 20.8 Å². The van der Waals surface area contributed by atoms with Gasteiger partial charge in [-0.1, -0.05) is 23.8 Å². The van der Waals surface area contributed by atoms with E-state index in [0.29, 0.717) is 0 Å². The first-order chi connectivity index (χ1) is 9.61. The minimum absolute atomic E-state index is 0. The number of H-pyrrole nitrogens is 1. The summed E-state index contributed by atoms with van der Waals surface area (Å²) in [5, 5.41) is 4.74. The van der Waals surface area contributed by atoms with Crippen molar-refractivity contribution in [3.05, 3.63) is 65.4 Å². The molecule has 3 heteroatoms. The van der Waals surface area contributed by atoms with E-state index < -0.39 is 0 Å². The third kappa shape index (κ3) is 3.34. The van der Waals surface area contributed by atoms with E-state index in [-0.39, 0.29) is 12.4 Å². The van der Waals surface area contributed by atoms with Crippen molar-refractivity contribution >= 4 is 22.3 Å². The van der Waals surface area contributed by atoms with Gasteiger partial charge in [-0.15, -0.1) is 0 Å². The topological polar surface area (TPSA) is 26.2 Å². The molecule has 0 aliphatic rings. The van der Waals surface area contributed by atoms with Crippen LogP contribution in [-0.4, -0.2) is 0 Å². The highest BCUT2D eigenvalue weighted by molar-refractivity contribution is 5.91. The van der Waals surface area contributed by atoms with Crippen LogP contribution in [0.5, 0.6) is 0 Å². The summed E-state index contributed by atoms with van der Waals surface area (Å²) in [4.78, 5) is 3.41. The smallest absolute Gasteiger partial charge is 0.213 e. The minimum Gasteiger partial charge on any atom is -1.00 e. The van der Waals surface area contributed by atoms with Crippen LogP contribution in [0.4, 0.5) is 11.4 Å². The number of benzene rings is 2. The van der Waals surface area contributed by atoms with E-state index in [9.17, 15) is 0 Å². The van der Waals surface area contributed by atoms with Crippen molar-refractivity contribution in [1.82, 2.24) is 0 Å². The molecule has 0 fully saturated rings. The van der Waals surface area contributed by atoms with E-state index in [2.05, 4.69) is 79.6 Å². The van der Waals surface area contributed by atoms with Crippen LogP contribution in [0.3, 0.4) is 0 Å². The van der Waals surface area contributed by atoms with E-state index in [0.717, 1.165) is 22.6 Å². The molecule has 108 valence electrons. The van der Waals surface area contributed by atoms with Gasteiger partial charge in [0.15, 0.2) is 5.69 Å². The van der Waals surface area contributed by atoms with Gasteiger partial charge < -0.3 is 17.7 Å². The van der Waals surface area contributed by atoms with Crippen LogP contribution in [0.1, 0.15) is 16.8 Å². The molecule has 0 saturated carbocycles. The summed E-state index contributed by atoms with van der Waals surface area (Å²) in [6.45, 7) is 6.30. The quantitative estimate of drug-likeness (QED) is 0.759. The molecule has 0 bridgehead atoms. The second-order valence-corrected chi connectivity index (χ2v) is 5.41. The molecular formula is C18H19ClN2. The van der Waals surface area contributed by atoms with Crippen LogP contribution in [0, 0.1) is 20.8 Å². The van der Waals surface area contributed by atoms with Crippen molar-refractivity contribution < 1.29 is 17.4 Å².